The Labute approximate surface area is 154 Å². The van der Waals surface area contributed by atoms with Crippen molar-refractivity contribution in [2.75, 3.05) is 5.73 Å². The van der Waals surface area contributed by atoms with Gasteiger partial charge in [0.25, 0.3) is 0 Å². The molecule has 2 aromatic heterocycles. The van der Waals surface area contributed by atoms with E-state index < -0.39 is 35.9 Å². The summed E-state index contributed by atoms with van der Waals surface area (Å²) in [7, 11) is 0. The molecular formula is C17H18N6O4. The van der Waals surface area contributed by atoms with E-state index in [1.54, 1.807) is 19.1 Å². The number of urea groups is 1. The molecule has 0 aliphatic carbocycles. The van der Waals surface area contributed by atoms with Crippen molar-refractivity contribution in [2.45, 2.75) is 25.4 Å². The number of amides is 3. The third-order valence-electron chi connectivity index (χ3n) is 4.41. The van der Waals surface area contributed by atoms with Gasteiger partial charge in [0, 0.05) is 24.2 Å². The van der Waals surface area contributed by atoms with Crippen molar-refractivity contribution in [1.82, 2.24) is 25.2 Å². The van der Waals surface area contributed by atoms with Gasteiger partial charge in [-0.25, -0.2) is 29.4 Å². The fourth-order valence-electron chi connectivity index (χ4n) is 3.00. The number of anilines is 1. The number of hydrogen-bond acceptors (Lipinski definition) is 7. The topological polar surface area (TPSA) is 151 Å². The molecule has 0 spiro atoms. The van der Waals surface area contributed by atoms with Crippen LogP contribution >= 0.6 is 0 Å². The lowest BCUT2D eigenvalue weighted by atomic mass is 9.82. The molecule has 3 amide bonds. The number of carbonyl (C=O) groups excluding carboxylic acids is 2. The van der Waals surface area contributed by atoms with E-state index >= 15 is 0 Å². The molecule has 1 unspecified atom stereocenters. The second-order valence-electron chi connectivity index (χ2n) is 6.23. The highest BCUT2D eigenvalue weighted by Gasteiger charge is 2.54. The summed E-state index contributed by atoms with van der Waals surface area (Å²) >= 11 is 0. The number of carbonyl (C=O) groups is 3. The number of nitrogens with zero attached hydrogens (tertiary/aromatic N) is 4. The van der Waals surface area contributed by atoms with Crippen LogP contribution in [0.2, 0.25) is 0 Å². The van der Waals surface area contributed by atoms with E-state index in [-0.39, 0.29) is 12.2 Å². The first-order valence-electron chi connectivity index (χ1n) is 8.20. The molecule has 140 valence electrons. The number of likely N-dealkylation sites (tertiary alicyclic amines) is 1. The Hall–Kier alpha value is -3.56. The van der Waals surface area contributed by atoms with Crippen LogP contribution in [-0.4, -0.2) is 48.9 Å². The van der Waals surface area contributed by atoms with Crippen molar-refractivity contribution in [3.8, 4) is 0 Å². The standard InChI is InChI=1S/C17H18N6O4/c1-9(11-6-19-8-20-7-11)22-17(27)23-14(16(25)26)12(15(23)24)4-10-2-3-21-13(18)5-10/h2-3,5-9,12,14H,4H2,1H3,(H2,18,21)(H,22,27)(H,25,26)/t9-,12?,14+/m1/s1. The van der Waals surface area contributed by atoms with Crippen LogP contribution in [0.3, 0.4) is 0 Å². The van der Waals surface area contributed by atoms with Crippen LogP contribution in [0.25, 0.3) is 0 Å². The largest absolute Gasteiger partial charge is 0.480 e. The molecule has 3 rings (SSSR count). The molecule has 0 saturated carbocycles. The van der Waals surface area contributed by atoms with E-state index in [0.29, 0.717) is 11.1 Å². The highest BCUT2D eigenvalue weighted by atomic mass is 16.4. The predicted octanol–water partition coefficient (Wildman–Crippen LogP) is 0.379. The molecule has 3 atom stereocenters. The van der Waals surface area contributed by atoms with Crippen LogP contribution in [-0.2, 0) is 16.0 Å². The second kappa shape index (κ2) is 7.36. The molecular weight excluding hydrogens is 352 g/mol. The lowest BCUT2D eigenvalue weighted by Gasteiger charge is -2.43. The molecule has 1 aliphatic heterocycles. The number of hydrogen-bond donors (Lipinski definition) is 3. The molecule has 0 radical (unpaired) electrons. The smallest absolute Gasteiger partial charge is 0.327 e. The van der Waals surface area contributed by atoms with Gasteiger partial charge in [0.05, 0.1) is 12.0 Å². The molecule has 1 fully saturated rings. The average molecular weight is 370 g/mol. The first-order valence-corrected chi connectivity index (χ1v) is 8.20. The van der Waals surface area contributed by atoms with Gasteiger partial charge in [0.15, 0.2) is 6.04 Å². The summed E-state index contributed by atoms with van der Waals surface area (Å²) in [5, 5.41) is 12.1. The van der Waals surface area contributed by atoms with E-state index in [2.05, 4.69) is 20.3 Å². The molecule has 1 aliphatic rings. The Morgan fingerprint density at radius 2 is 2.07 bits per heavy atom. The van der Waals surface area contributed by atoms with E-state index in [0.717, 1.165) is 4.90 Å². The number of pyridine rings is 1. The van der Waals surface area contributed by atoms with E-state index in [1.165, 1.54) is 24.9 Å². The minimum absolute atomic E-state index is 0.161. The fourth-order valence-corrected chi connectivity index (χ4v) is 3.00. The third-order valence-corrected chi connectivity index (χ3v) is 4.41. The lowest BCUT2D eigenvalue weighted by molar-refractivity contribution is -0.165. The van der Waals surface area contributed by atoms with Gasteiger partial charge in [-0.2, -0.15) is 0 Å². The minimum Gasteiger partial charge on any atom is -0.480 e. The molecule has 2 aromatic rings. The van der Waals surface area contributed by atoms with Crippen LogP contribution in [0.15, 0.2) is 37.1 Å². The summed E-state index contributed by atoms with van der Waals surface area (Å²) in [6, 6.07) is 0.732. The Balaban J connectivity index is 1.71. The van der Waals surface area contributed by atoms with Crippen LogP contribution < -0.4 is 11.1 Å². The molecule has 0 bridgehead atoms. The maximum absolute atomic E-state index is 12.5. The summed E-state index contributed by atoms with van der Waals surface area (Å²) in [4.78, 5) is 48.9. The van der Waals surface area contributed by atoms with Crippen molar-refractivity contribution < 1.29 is 19.5 Å². The van der Waals surface area contributed by atoms with Gasteiger partial charge >= 0.3 is 12.0 Å². The zero-order chi connectivity index (χ0) is 19.6. The quantitative estimate of drug-likeness (QED) is 0.639. The van der Waals surface area contributed by atoms with Gasteiger partial charge < -0.3 is 16.2 Å². The highest BCUT2D eigenvalue weighted by Crippen LogP contribution is 2.31. The number of β-lactam (4-membered cyclic amide) rings is 1. The van der Waals surface area contributed by atoms with Gasteiger partial charge in [-0.15, -0.1) is 0 Å². The van der Waals surface area contributed by atoms with Crippen LogP contribution in [0.4, 0.5) is 10.6 Å². The van der Waals surface area contributed by atoms with Crippen LogP contribution in [0.5, 0.6) is 0 Å². The molecule has 3 heterocycles. The van der Waals surface area contributed by atoms with E-state index in [1.807, 2.05) is 0 Å². The Morgan fingerprint density at radius 3 is 2.70 bits per heavy atom. The zero-order valence-electron chi connectivity index (χ0n) is 14.4. The van der Waals surface area contributed by atoms with Crippen molar-refractivity contribution in [3.05, 3.63) is 48.2 Å². The first-order chi connectivity index (χ1) is 12.9. The van der Waals surface area contributed by atoms with Gasteiger partial charge in [0.2, 0.25) is 5.91 Å². The zero-order valence-corrected chi connectivity index (χ0v) is 14.4. The van der Waals surface area contributed by atoms with Crippen LogP contribution in [0.1, 0.15) is 24.1 Å². The van der Waals surface area contributed by atoms with Crippen molar-refractivity contribution in [2.24, 2.45) is 5.92 Å². The number of rotatable bonds is 5. The minimum atomic E-state index is -1.24. The summed E-state index contributed by atoms with van der Waals surface area (Å²) in [5.41, 5.74) is 6.93. The van der Waals surface area contributed by atoms with Crippen molar-refractivity contribution in [3.63, 3.8) is 0 Å². The Bertz CT molecular complexity index is 875. The monoisotopic (exact) mass is 370 g/mol. The maximum Gasteiger partial charge on any atom is 0.327 e. The molecule has 4 N–H and O–H groups in total. The molecule has 10 heteroatoms. The Morgan fingerprint density at radius 1 is 1.37 bits per heavy atom. The molecule has 0 aromatic carbocycles. The number of carboxylic acid groups (broad SMARTS) is 1. The molecule has 27 heavy (non-hydrogen) atoms. The van der Waals surface area contributed by atoms with Crippen LogP contribution in [0, 0.1) is 5.92 Å². The predicted molar refractivity (Wildman–Crippen MR) is 93.1 cm³/mol. The summed E-state index contributed by atoms with van der Waals surface area (Å²) in [5.74, 6) is -2.36. The van der Waals surface area contributed by atoms with Gasteiger partial charge in [-0.3, -0.25) is 4.79 Å². The SMILES string of the molecule is C[C@@H](NC(=O)N1C(=O)C(Cc2ccnc(N)c2)[C@H]1C(=O)O)c1cncnc1. The maximum atomic E-state index is 12.5. The number of nitrogens with one attached hydrogen (secondary N) is 1. The average Bonchev–Trinajstić information content (AvgIpc) is 2.64. The normalized spacial score (nSPS) is 19.9. The number of nitrogen functional groups attached to an aromatic ring is 1. The summed E-state index contributed by atoms with van der Waals surface area (Å²) in [6.07, 6.45) is 6.06. The summed E-state index contributed by atoms with van der Waals surface area (Å²) < 4.78 is 0. The Kier molecular flexibility index (Phi) is 4.97. The number of carboxylic acids is 1. The lowest BCUT2D eigenvalue weighted by Crippen LogP contribution is -2.68. The van der Waals surface area contributed by atoms with Gasteiger partial charge in [0.1, 0.15) is 12.1 Å². The number of imide groups is 1. The van der Waals surface area contributed by atoms with E-state index in [4.69, 9.17) is 5.73 Å². The second-order valence-corrected chi connectivity index (χ2v) is 6.23. The number of aliphatic carboxylic acids is 1. The summed E-state index contributed by atoms with van der Waals surface area (Å²) in [6.45, 7) is 1.69. The molecule has 10 nitrogen and oxygen atoms in total. The third kappa shape index (κ3) is 3.68. The number of aromatic nitrogens is 3. The highest BCUT2D eigenvalue weighted by molar-refractivity contribution is 6.07. The van der Waals surface area contributed by atoms with Gasteiger partial charge in [-0.1, -0.05) is 0 Å². The van der Waals surface area contributed by atoms with Gasteiger partial charge in [-0.05, 0) is 31.0 Å². The van der Waals surface area contributed by atoms with E-state index in [9.17, 15) is 19.5 Å². The number of nitrogens with two attached hydrogens (primary N) is 1. The van der Waals surface area contributed by atoms with Crippen molar-refractivity contribution in [1.29, 1.82) is 0 Å². The fraction of sp³-hybridized carbons (Fsp3) is 0.294. The van der Waals surface area contributed by atoms with Crippen molar-refractivity contribution >= 4 is 23.7 Å². The molecule has 1 saturated heterocycles. The first kappa shape index (κ1) is 18.2.